The molecule has 12 N–H and O–H groups in total. The molecule has 10 rings (SSSR count). The van der Waals surface area contributed by atoms with Crippen molar-refractivity contribution in [2.75, 3.05) is 42.8 Å². The number of hydrogen-bond acceptors (Lipinski definition) is 20. The fourth-order valence-electron chi connectivity index (χ4n) is 8.17. The number of phenolic OH excluding ortho intramolecular Hbond substituents is 2. The third-order valence-corrected chi connectivity index (χ3v) is 11.3. The first-order chi connectivity index (χ1) is 36.1. The van der Waals surface area contributed by atoms with Crippen LogP contribution in [0, 0.1) is 0 Å². The van der Waals surface area contributed by atoms with Gasteiger partial charge >= 0.3 is 45.9 Å². The molecule has 4 aliphatic rings. The first-order valence-corrected chi connectivity index (χ1v) is 32.6. The van der Waals surface area contributed by atoms with Gasteiger partial charge in [0, 0.05) is 37.4 Å². The summed E-state index contributed by atoms with van der Waals surface area (Å²) in [6.45, 7) is 8.31. The number of alkyl halides is 1. The number of nitrogens with zero attached hydrogens (tertiary/aromatic N) is 6. The molecule has 4 aliphatic heterocycles. The number of benzene rings is 2. The number of aromatic amines is 2. The van der Waals surface area contributed by atoms with E-state index in [1.165, 1.54) is 58.4 Å². The molecule has 8 heterocycles. The van der Waals surface area contributed by atoms with Crippen LogP contribution in [0.15, 0.2) is 93.0 Å². The van der Waals surface area contributed by atoms with Gasteiger partial charge < -0.3 is 65.8 Å². The molecule has 0 bridgehead atoms. The van der Waals surface area contributed by atoms with Crippen LogP contribution >= 0.6 is 42.0 Å². The zero-order chi connectivity index (χ0) is 55.1. The fraction of sp³-hybridized carbons (Fsp3) is 0.400. The maximum absolute atomic E-state index is 13.3. The number of aliphatic hydroxyl groups excluding tert-OH is 4. The molecule has 404 valence electrons. The first kappa shape index (κ1) is 60.5. The average Bonchev–Trinajstić information content (AvgIpc) is 4.27. The standard InChI is InChI=1S/C20H21N5O7.C13H17N5O6.C7H6O2.C4H8O.CH3I.2ClH.Zn/c1-2-6-24-12-15(22-19(21)23-16(12)28)25(20(24)29)17-14-13(11(8-26)30-17)31-18(32-14)9-4-3-5-10(27)7-9;1-2-3-17-6-9(15-12(14)16-10(6)22)18(13(17)23)11-8(21)7(20)5(4-19)24-11;8-5-6-2-1-3-7(9)4-6;1-2-4-5-3-1;1-2;;;/h2-5,7,11,13-14,17-18,26-27H,1,6,8H2,(H3,21,22,23,28);2,5,7-8,11,19-21H,1,3-4H2,(H3,14,15,16,22);1-5,9H;1-4H2;1H3;2*1H;/q;;;;;;;+2/p-2/t11-,13-,14-,17?,18?;5-,7-,8-,11?;;;;;;/m11....../s1. The topological polar surface area (TPSA) is 382 Å². The van der Waals surface area contributed by atoms with Gasteiger partial charge in [-0.25, -0.2) is 18.7 Å². The monoisotopic (exact) mass is 1250 g/mol. The van der Waals surface area contributed by atoms with E-state index in [1.807, 2.05) is 4.93 Å². The van der Waals surface area contributed by atoms with Crippen molar-refractivity contribution in [3.8, 4) is 11.5 Å². The normalized spacial score (nSPS) is 23.1. The molecule has 0 amide bonds. The van der Waals surface area contributed by atoms with Crippen LogP contribution in [0.3, 0.4) is 0 Å². The van der Waals surface area contributed by atoms with Crippen LogP contribution < -0.4 is 34.0 Å². The van der Waals surface area contributed by atoms with Gasteiger partial charge in [0.2, 0.25) is 11.9 Å². The van der Waals surface area contributed by atoms with Gasteiger partial charge in [0.05, 0.1) is 13.2 Å². The van der Waals surface area contributed by atoms with Gasteiger partial charge in [-0.2, -0.15) is 9.97 Å². The Kier molecular flexibility index (Phi) is 23.2. The molecule has 2 aromatic carbocycles. The Morgan fingerprint density at radius 1 is 0.747 bits per heavy atom. The number of anilines is 2. The first-order valence-electron chi connectivity index (χ1n) is 22.6. The minimum atomic E-state index is -1.50. The van der Waals surface area contributed by atoms with E-state index in [9.17, 15) is 49.5 Å². The SMILES string of the molecule is C1CCOC1.C=CCn1c(=O)n(C2O[C@H](CO)[C@@H](O)[C@H]2O)c2nc(N)[nH]c(=O)c21.C=CCn1c(=O)n(C2O[C@H](CO)[C@H]3OC(c4cccc(O)c4)O[C@@H]23)c2nc(N)[nH]c(=O)c21.CI.O=Cc1cccc(O)c1.[Cl][Zn][Cl]. The predicted molar refractivity (Wildman–Crippen MR) is 278 cm³/mol. The van der Waals surface area contributed by atoms with E-state index in [-0.39, 0.29) is 65.4 Å². The number of carbonyl (C=O) groups excluding carboxylic acids is 1. The number of aromatic hydroxyl groups is 2. The van der Waals surface area contributed by atoms with Gasteiger partial charge in [0.15, 0.2) is 41.1 Å². The van der Waals surface area contributed by atoms with Crippen molar-refractivity contribution in [3.05, 3.63) is 127 Å². The summed E-state index contributed by atoms with van der Waals surface area (Å²) in [5.74, 6) is -0.217. The third-order valence-electron chi connectivity index (χ3n) is 11.3. The number of allylic oxidation sites excluding steroid dienone is 2. The van der Waals surface area contributed by atoms with Gasteiger partial charge in [-0.15, -0.1) is 13.2 Å². The summed E-state index contributed by atoms with van der Waals surface area (Å²) in [6, 6.07) is 12.6. The van der Waals surface area contributed by atoms with Crippen LogP contribution in [-0.4, -0.2) is 143 Å². The molecule has 0 saturated carbocycles. The van der Waals surface area contributed by atoms with E-state index in [2.05, 4.69) is 55.7 Å². The van der Waals surface area contributed by atoms with Gasteiger partial charge in [0.1, 0.15) is 54.4 Å². The molecule has 0 spiro atoms. The Bertz CT molecular complexity index is 3120. The summed E-state index contributed by atoms with van der Waals surface area (Å²) >= 11 is 1.22. The van der Waals surface area contributed by atoms with E-state index >= 15 is 0 Å². The number of nitrogens with two attached hydrogens (primary N) is 2. The molecule has 9 atom stereocenters. The number of rotatable bonds is 10. The zero-order valence-electron chi connectivity index (χ0n) is 40.1. The molecule has 26 nitrogen and oxygen atoms in total. The Morgan fingerprint density at radius 2 is 1.23 bits per heavy atom. The number of H-pyrrole nitrogens is 2. The van der Waals surface area contributed by atoms with E-state index in [1.54, 1.807) is 24.3 Å². The van der Waals surface area contributed by atoms with Gasteiger partial charge in [-0.3, -0.25) is 33.5 Å². The second-order valence-electron chi connectivity index (χ2n) is 16.1. The summed E-state index contributed by atoms with van der Waals surface area (Å²) in [4.78, 5) is 75.5. The summed E-state index contributed by atoms with van der Waals surface area (Å²) in [7, 11) is 9.90. The number of nitrogens with one attached hydrogen (secondary N) is 2. The number of nitrogen functional groups attached to an aromatic ring is 2. The van der Waals surface area contributed by atoms with E-state index in [0.717, 1.165) is 22.3 Å². The molecule has 4 saturated heterocycles. The Balaban J connectivity index is 0.000000210. The average molecular weight is 1260 g/mol. The second kappa shape index (κ2) is 28.7. The number of carbonyl (C=O) groups is 1. The molecular weight excluding hydrogens is 1200 g/mol. The number of ether oxygens (including phenoxy) is 5. The van der Waals surface area contributed by atoms with Crippen LogP contribution in [0.5, 0.6) is 11.5 Å². The van der Waals surface area contributed by atoms with Crippen molar-refractivity contribution < 1.29 is 74.3 Å². The van der Waals surface area contributed by atoms with Crippen LogP contribution in [0.2, 0.25) is 0 Å². The molecule has 75 heavy (non-hydrogen) atoms. The van der Waals surface area contributed by atoms with Gasteiger partial charge in [0.25, 0.3) is 11.1 Å². The second-order valence-corrected chi connectivity index (χ2v) is 20.7. The quantitative estimate of drug-likeness (QED) is 0.0305. The van der Waals surface area contributed by atoms with Crippen molar-refractivity contribution in [1.29, 1.82) is 0 Å². The molecule has 30 heteroatoms. The molecule has 4 aromatic heterocycles. The number of aliphatic hydroxyl groups is 4. The van der Waals surface area contributed by atoms with Crippen LogP contribution in [0.1, 0.15) is 47.5 Å². The summed E-state index contributed by atoms with van der Waals surface area (Å²) < 4.78 is 32.7. The number of aldehydes is 1. The number of hydrogen-bond donors (Lipinski definition) is 10. The predicted octanol–water partition coefficient (Wildman–Crippen LogP) is 1.43. The van der Waals surface area contributed by atoms with Gasteiger partial charge in [-0.05, 0) is 42.0 Å². The molecule has 6 aromatic rings. The number of imidazole rings is 2. The van der Waals surface area contributed by atoms with Crippen LogP contribution in [0.4, 0.5) is 11.9 Å². The molecule has 0 aliphatic carbocycles. The molecular formula is C45H55Cl2IN10O16Zn. The molecule has 4 fully saturated rings. The number of phenols is 2. The van der Waals surface area contributed by atoms with E-state index < -0.39 is 99.6 Å². The van der Waals surface area contributed by atoms with Crippen LogP contribution in [-0.2, 0) is 51.9 Å². The maximum atomic E-state index is 13.3. The van der Waals surface area contributed by atoms with Crippen molar-refractivity contribution in [2.45, 2.75) is 81.3 Å². The molecule has 0 radical (unpaired) electrons. The number of halogens is 3. The summed E-state index contributed by atoms with van der Waals surface area (Å²) in [6.07, 6.45) is -3.36. The van der Waals surface area contributed by atoms with E-state index in [0.29, 0.717) is 17.4 Å². The number of aromatic nitrogens is 8. The van der Waals surface area contributed by atoms with E-state index in [4.69, 9.17) is 59.6 Å². The Morgan fingerprint density at radius 3 is 1.65 bits per heavy atom. The summed E-state index contributed by atoms with van der Waals surface area (Å²) in [5.41, 5.74) is 9.71. The zero-order valence-corrected chi connectivity index (χ0v) is 46.7. The number of fused-ring (bicyclic) bond motifs is 3. The van der Waals surface area contributed by atoms with Crippen molar-refractivity contribution in [1.82, 2.24) is 38.2 Å². The third kappa shape index (κ3) is 14.0. The Hall–Kier alpha value is -5.34. The van der Waals surface area contributed by atoms with Crippen molar-refractivity contribution in [3.63, 3.8) is 0 Å². The van der Waals surface area contributed by atoms with Crippen LogP contribution in [0.25, 0.3) is 22.3 Å². The summed E-state index contributed by atoms with van der Waals surface area (Å²) in [5, 5.41) is 57.6. The van der Waals surface area contributed by atoms with Gasteiger partial charge in [-0.1, -0.05) is 59.0 Å². The molecule has 3 unspecified atom stereocenters. The van der Waals surface area contributed by atoms with Crippen molar-refractivity contribution in [2.24, 2.45) is 0 Å². The minimum absolute atomic E-state index is 0.0140. The Labute approximate surface area is 454 Å². The van der Waals surface area contributed by atoms with Crippen molar-refractivity contribution >= 4 is 82.5 Å². The fourth-order valence-corrected chi connectivity index (χ4v) is 8.17.